The lowest BCUT2D eigenvalue weighted by molar-refractivity contribution is -0.280. The number of hydrogen-bond acceptors (Lipinski definition) is 6. The number of aryl methyl sites for hydroxylation is 1. The summed E-state index contributed by atoms with van der Waals surface area (Å²) in [6.45, 7) is 5.46. The molecular weight excluding hydrogens is 316 g/mol. The van der Waals surface area contributed by atoms with Crippen molar-refractivity contribution in [3.8, 4) is 18.2 Å². The van der Waals surface area contributed by atoms with Gasteiger partial charge in [-0.3, -0.25) is 5.41 Å². The zero-order valence-electron chi connectivity index (χ0n) is 14.3. The molecule has 4 atom stereocenters. The Balaban J connectivity index is 2.35. The predicted molar refractivity (Wildman–Crippen MR) is 87.7 cm³/mol. The van der Waals surface area contributed by atoms with E-state index in [0.717, 1.165) is 5.56 Å². The molecule has 6 nitrogen and oxygen atoms in total. The minimum atomic E-state index is -1.87. The van der Waals surface area contributed by atoms with Gasteiger partial charge in [0.05, 0.1) is 24.1 Å². The number of nitrogens with one attached hydrogen (secondary N) is 1. The fourth-order valence-electron chi connectivity index (χ4n) is 4.18. The van der Waals surface area contributed by atoms with Crippen molar-refractivity contribution in [2.75, 3.05) is 0 Å². The number of rotatable bonds is 2. The third-order valence-electron chi connectivity index (χ3n) is 5.64. The molecule has 1 aromatic carbocycles. The Morgan fingerprint density at radius 1 is 1.20 bits per heavy atom. The maximum absolute atomic E-state index is 10.0. The average Bonchev–Trinajstić information content (AvgIpc) is 2.78. The molecule has 25 heavy (non-hydrogen) atoms. The van der Waals surface area contributed by atoms with Gasteiger partial charge < -0.3 is 9.47 Å². The molecule has 2 aliphatic rings. The van der Waals surface area contributed by atoms with Gasteiger partial charge in [-0.1, -0.05) is 43.7 Å². The van der Waals surface area contributed by atoms with Gasteiger partial charge in [-0.2, -0.15) is 15.8 Å². The van der Waals surface area contributed by atoms with Crippen LogP contribution in [0.4, 0.5) is 0 Å². The summed E-state index contributed by atoms with van der Waals surface area (Å²) in [5.41, 5.74) is -1.98. The quantitative estimate of drug-likeness (QED) is 0.890. The Hall–Kier alpha value is -2.88. The molecule has 126 valence electrons. The zero-order chi connectivity index (χ0) is 18.5. The van der Waals surface area contributed by atoms with Crippen LogP contribution < -0.4 is 0 Å². The van der Waals surface area contributed by atoms with Crippen LogP contribution in [0, 0.1) is 63.1 Å². The van der Waals surface area contributed by atoms with Crippen LogP contribution in [0.2, 0.25) is 0 Å². The normalized spacial score (nSPS) is 35.1. The molecule has 2 heterocycles. The van der Waals surface area contributed by atoms with Crippen molar-refractivity contribution in [1.29, 1.82) is 21.2 Å². The van der Waals surface area contributed by atoms with Gasteiger partial charge >= 0.3 is 0 Å². The second-order valence-corrected chi connectivity index (χ2v) is 6.68. The highest BCUT2D eigenvalue weighted by atomic mass is 16.7. The Morgan fingerprint density at radius 2 is 1.88 bits per heavy atom. The third-order valence-corrected chi connectivity index (χ3v) is 5.64. The van der Waals surface area contributed by atoms with Gasteiger partial charge in [-0.25, -0.2) is 0 Å². The first-order valence-corrected chi connectivity index (χ1v) is 8.13. The molecule has 4 unspecified atom stereocenters. The van der Waals surface area contributed by atoms with E-state index in [-0.39, 0.29) is 5.90 Å². The van der Waals surface area contributed by atoms with E-state index in [1.807, 2.05) is 44.2 Å². The Kier molecular flexibility index (Phi) is 3.60. The lowest BCUT2D eigenvalue weighted by Gasteiger charge is -2.48. The monoisotopic (exact) mass is 334 g/mol. The summed E-state index contributed by atoms with van der Waals surface area (Å²) >= 11 is 0. The molecule has 0 aromatic heterocycles. The van der Waals surface area contributed by atoms with E-state index in [4.69, 9.17) is 14.9 Å². The van der Waals surface area contributed by atoms with Crippen molar-refractivity contribution in [2.45, 2.75) is 39.1 Å². The van der Waals surface area contributed by atoms with E-state index >= 15 is 0 Å². The van der Waals surface area contributed by atoms with Crippen LogP contribution >= 0.6 is 0 Å². The first kappa shape index (κ1) is 17.0. The first-order chi connectivity index (χ1) is 11.9. The van der Waals surface area contributed by atoms with Crippen LogP contribution in [0.25, 0.3) is 0 Å². The van der Waals surface area contributed by atoms with Gasteiger partial charge in [0.15, 0.2) is 5.41 Å². The van der Waals surface area contributed by atoms with Gasteiger partial charge in [-0.05, 0) is 12.5 Å². The van der Waals surface area contributed by atoms with Gasteiger partial charge in [0, 0.05) is 6.42 Å². The fourth-order valence-corrected chi connectivity index (χ4v) is 4.18. The number of hydrogen-bond donors (Lipinski definition) is 1. The first-order valence-electron chi connectivity index (χ1n) is 8.13. The number of nitriles is 3. The zero-order valence-corrected chi connectivity index (χ0v) is 14.3. The van der Waals surface area contributed by atoms with E-state index in [1.165, 1.54) is 0 Å². The number of benzene rings is 1. The van der Waals surface area contributed by atoms with Crippen molar-refractivity contribution in [3.05, 3.63) is 35.4 Å². The van der Waals surface area contributed by atoms with Crippen LogP contribution in [0.1, 0.15) is 37.5 Å². The van der Waals surface area contributed by atoms with E-state index in [2.05, 4.69) is 6.07 Å². The number of nitrogens with zero attached hydrogens (tertiary/aromatic N) is 3. The minimum absolute atomic E-state index is 0.359. The van der Waals surface area contributed by atoms with Crippen molar-refractivity contribution in [3.63, 3.8) is 0 Å². The van der Waals surface area contributed by atoms with Crippen molar-refractivity contribution in [2.24, 2.45) is 16.7 Å². The molecule has 0 spiro atoms. The molecule has 2 fully saturated rings. The van der Waals surface area contributed by atoms with E-state index < -0.39 is 28.6 Å². The molecule has 2 bridgehead atoms. The molecule has 2 aliphatic heterocycles. The molecule has 3 rings (SSSR count). The van der Waals surface area contributed by atoms with Gasteiger partial charge in [-0.15, -0.1) is 0 Å². The van der Waals surface area contributed by atoms with Gasteiger partial charge in [0.25, 0.3) is 0 Å². The van der Waals surface area contributed by atoms with Crippen molar-refractivity contribution >= 4 is 5.90 Å². The summed E-state index contributed by atoms with van der Waals surface area (Å²) in [5, 5.41) is 38.3. The van der Waals surface area contributed by atoms with Gasteiger partial charge in [0.1, 0.15) is 6.10 Å². The van der Waals surface area contributed by atoms with E-state index in [9.17, 15) is 15.8 Å². The van der Waals surface area contributed by atoms with Gasteiger partial charge in [0.2, 0.25) is 17.1 Å². The fraction of sp³-hybridized carbons (Fsp3) is 0.474. The van der Waals surface area contributed by atoms with E-state index in [0.29, 0.717) is 12.0 Å². The molecule has 0 aliphatic carbocycles. The highest BCUT2D eigenvalue weighted by Crippen LogP contribution is 2.66. The van der Waals surface area contributed by atoms with Crippen molar-refractivity contribution in [1.82, 2.24) is 0 Å². The maximum atomic E-state index is 10.0. The summed E-state index contributed by atoms with van der Waals surface area (Å²) < 4.78 is 11.9. The molecule has 0 saturated carbocycles. The summed E-state index contributed by atoms with van der Waals surface area (Å²) in [5.74, 6) is -2.18. The minimum Gasteiger partial charge on any atom is -0.447 e. The predicted octanol–water partition coefficient (Wildman–Crippen LogP) is 3.36. The summed E-state index contributed by atoms with van der Waals surface area (Å²) in [7, 11) is 0. The van der Waals surface area contributed by atoms with Crippen LogP contribution in [0.15, 0.2) is 24.3 Å². The lowest BCUT2D eigenvalue weighted by atomic mass is 9.53. The molecule has 0 amide bonds. The number of ether oxygens (including phenoxy) is 2. The van der Waals surface area contributed by atoms with Crippen LogP contribution in [-0.4, -0.2) is 11.7 Å². The average molecular weight is 334 g/mol. The molecular formula is C19H18N4O2. The van der Waals surface area contributed by atoms with Crippen LogP contribution in [-0.2, 0) is 9.47 Å². The Labute approximate surface area is 146 Å². The Morgan fingerprint density at radius 3 is 2.40 bits per heavy atom. The second-order valence-electron chi connectivity index (χ2n) is 6.68. The summed E-state index contributed by atoms with van der Waals surface area (Å²) in [6.07, 6.45) is -0.587. The molecule has 0 radical (unpaired) electrons. The molecule has 6 heteroatoms. The highest BCUT2D eigenvalue weighted by molar-refractivity contribution is 5.89. The van der Waals surface area contributed by atoms with Crippen LogP contribution in [0.3, 0.4) is 0 Å². The Bertz CT molecular complexity index is 861. The lowest BCUT2D eigenvalue weighted by Crippen LogP contribution is -2.58. The highest BCUT2D eigenvalue weighted by Gasteiger charge is 2.78. The summed E-state index contributed by atoms with van der Waals surface area (Å²) in [6, 6.07) is 13.5. The molecule has 2 saturated heterocycles. The number of fused-ring (bicyclic) bond motifs is 2. The van der Waals surface area contributed by atoms with Crippen LogP contribution in [0.5, 0.6) is 0 Å². The maximum Gasteiger partial charge on any atom is 0.217 e. The largest absolute Gasteiger partial charge is 0.447 e. The summed E-state index contributed by atoms with van der Waals surface area (Å²) in [4.78, 5) is 0. The molecule has 1 N–H and O–H groups in total. The SMILES string of the molecule is CCC12OC(=N)C(C#N)(C1C)C(C#N)(C#N)C(c1cccc(C)c1)O2. The standard InChI is InChI=1S/C19H18N4O2/c1-4-19-13(3)18(11-22,16(23)25-19)17(9-20,10-21)15(24-19)14-7-5-6-12(2)8-14/h5-8,13,15,23H,4H2,1-3H3. The third kappa shape index (κ3) is 1.77. The molecule has 1 aromatic rings. The van der Waals surface area contributed by atoms with Crippen molar-refractivity contribution < 1.29 is 9.47 Å². The topological polar surface area (TPSA) is 114 Å². The second kappa shape index (κ2) is 5.31. The van der Waals surface area contributed by atoms with E-state index in [1.54, 1.807) is 13.0 Å². The smallest absolute Gasteiger partial charge is 0.217 e.